The van der Waals surface area contributed by atoms with Crippen LogP contribution in [0.2, 0.25) is 0 Å². The summed E-state index contributed by atoms with van der Waals surface area (Å²) in [5.74, 6) is -6.28. The minimum Gasteiger partial charge on any atom is -0.481 e. The number of carboxylic acids is 3. The van der Waals surface area contributed by atoms with Crippen molar-refractivity contribution in [3.63, 3.8) is 0 Å². The standard InChI is InChI=1S/C8H11NO8.Mg.2H/c9-3-6(14)17-8(7(15)16,1-4(10)11)2-5(12)13;;;/h1-3,9H2,(H,10,11)(H,12,13)(H,15,16);;;. The van der Waals surface area contributed by atoms with Crippen molar-refractivity contribution in [2.24, 2.45) is 5.73 Å². The van der Waals surface area contributed by atoms with Crippen LogP contribution in [0.3, 0.4) is 0 Å². The number of carbonyl (C=O) groups is 4. The van der Waals surface area contributed by atoms with Crippen molar-refractivity contribution in [3.8, 4) is 0 Å². The summed E-state index contributed by atoms with van der Waals surface area (Å²) >= 11 is 0. The maximum Gasteiger partial charge on any atom is 0.349 e. The molecule has 9 nitrogen and oxygen atoms in total. The maximum atomic E-state index is 10.9. The summed E-state index contributed by atoms with van der Waals surface area (Å²) in [6, 6.07) is 0. The van der Waals surface area contributed by atoms with E-state index in [1.54, 1.807) is 0 Å². The smallest absolute Gasteiger partial charge is 0.349 e. The van der Waals surface area contributed by atoms with Crippen molar-refractivity contribution in [1.82, 2.24) is 0 Å². The van der Waals surface area contributed by atoms with Crippen molar-refractivity contribution in [2.45, 2.75) is 18.4 Å². The van der Waals surface area contributed by atoms with E-state index in [0.29, 0.717) is 0 Å². The molecule has 0 heterocycles. The summed E-state index contributed by atoms with van der Waals surface area (Å²) in [5, 5.41) is 25.9. The van der Waals surface area contributed by atoms with Crippen molar-refractivity contribution in [1.29, 1.82) is 0 Å². The molecule has 0 unspecified atom stereocenters. The van der Waals surface area contributed by atoms with Gasteiger partial charge in [0.2, 0.25) is 5.60 Å². The number of hydrogen-bond acceptors (Lipinski definition) is 6. The summed E-state index contributed by atoms with van der Waals surface area (Å²) in [5.41, 5.74) is 2.23. The number of esters is 1. The molecule has 0 rings (SSSR count). The number of aliphatic carboxylic acids is 3. The molecule has 0 amide bonds. The third-order valence-corrected chi connectivity index (χ3v) is 1.74. The second-order valence-corrected chi connectivity index (χ2v) is 3.12. The molecule has 0 saturated carbocycles. The van der Waals surface area contributed by atoms with Gasteiger partial charge in [0, 0.05) is 0 Å². The molecular weight excluding hydrogens is 262 g/mol. The molecule has 10 heteroatoms. The number of ether oxygens (including phenoxy) is 1. The van der Waals surface area contributed by atoms with E-state index in [0.717, 1.165) is 0 Å². The topological polar surface area (TPSA) is 164 Å². The third-order valence-electron chi connectivity index (χ3n) is 1.74. The lowest BCUT2D eigenvalue weighted by Gasteiger charge is -2.25. The largest absolute Gasteiger partial charge is 0.481 e. The molecule has 0 spiro atoms. The van der Waals surface area contributed by atoms with Gasteiger partial charge in [0.15, 0.2) is 0 Å². The number of carbonyl (C=O) groups excluding carboxylic acids is 1. The Morgan fingerprint density at radius 2 is 1.39 bits per heavy atom. The van der Waals surface area contributed by atoms with Crippen LogP contribution in [-0.2, 0) is 23.9 Å². The first-order chi connectivity index (χ1) is 7.73. The van der Waals surface area contributed by atoms with Crippen LogP contribution in [0.25, 0.3) is 0 Å². The highest BCUT2D eigenvalue weighted by Gasteiger charge is 2.46. The van der Waals surface area contributed by atoms with Gasteiger partial charge < -0.3 is 25.8 Å². The molecule has 0 aromatic heterocycles. The molecule has 0 aromatic carbocycles. The Morgan fingerprint density at radius 3 is 1.61 bits per heavy atom. The van der Waals surface area contributed by atoms with E-state index in [1.165, 1.54) is 0 Å². The first-order valence-electron chi connectivity index (χ1n) is 4.32. The average Bonchev–Trinajstić information content (AvgIpc) is 2.14. The summed E-state index contributed by atoms with van der Waals surface area (Å²) < 4.78 is 4.35. The highest BCUT2D eigenvalue weighted by atomic mass is 24.3. The van der Waals surface area contributed by atoms with E-state index < -0.39 is 48.9 Å². The van der Waals surface area contributed by atoms with Crippen LogP contribution in [0.5, 0.6) is 0 Å². The van der Waals surface area contributed by atoms with Gasteiger partial charge in [0.1, 0.15) is 0 Å². The summed E-state index contributed by atoms with van der Waals surface area (Å²) in [6.45, 7) is -0.686. The van der Waals surface area contributed by atoms with Crippen molar-refractivity contribution >= 4 is 46.9 Å². The Bertz CT molecular complexity index is 339. The fourth-order valence-corrected chi connectivity index (χ4v) is 1.08. The van der Waals surface area contributed by atoms with Crippen LogP contribution in [0, 0.1) is 0 Å². The van der Waals surface area contributed by atoms with Crippen LogP contribution in [0.15, 0.2) is 0 Å². The maximum absolute atomic E-state index is 10.9. The van der Waals surface area contributed by atoms with Crippen LogP contribution < -0.4 is 5.73 Å². The molecule has 0 aromatic rings. The number of carboxylic acid groups (broad SMARTS) is 3. The van der Waals surface area contributed by atoms with E-state index in [9.17, 15) is 19.2 Å². The molecular formula is C8H13MgNO8. The molecule has 18 heavy (non-hydrogen) atoms. The van der Waals surface area contributed by atoms with Gasteiger partial charge in [-0.25, -0.2) is 4.79 Å². The third kappa shape index (κ3) is 5.79. The lowest BCUT2D eigenvalue weighted by Crippen LogP contribution is -2.48. The van der Waals surface area contributed by atoms with Crippen molar-refractivity contribution < 1.29 is 39.2 Å². The zero-order chi connectivity index (χ0) is 13.6. The van der Waals surface area contributed by atoms with Gasteiger partial charge in [-0.15, -0.1) is 0 Å². The first-order valence-corrected chi connectivity index (χ1v) is 4.32. The zero-order valence-corrected chi connectivity index (χ0v) is 8.58. The lowest BCUT2D eigenvalue weighted by molar-refractivity contribution is -0.185. The van der Waals surface area contributed by atoms with E-state index in [4.69, 9.17) is 21.1 Å². The minimum atomic E-state index is -2.64. The highest BCUT2D eigenvalue weighted by Crippen LogP contribution is 2.22. The molecule has 0 aliphatic heterocycles. The zero-order valence-electron chi connectivity index (χ0n) is 8.58. The Balaban J connectivity index is 0. The molecule has 0 atom stereocenters. The quantitative estimate of drug-likeness (QED) is 0.287. The number of hydrogen-bond donors (Lipinski definition) is 4. The molecule has 0 radical (unpaired) electrons. The molecule has 100 valence electrons. The second-order valence-electron chi connectivity index (χ2n) is 3.12. The van der Waals surface area contributed by atoms with Crippen LogP contribution in [0.1, 0.15) is 12.8 Å². The SMILES string of the molecule is NCC(=O)OC(CC(=O)O)(CC(=O)O)C(=O)O.[MgH2]. The average molecular weight is 275 g/mol. The number of nitrogens with two attached hydrogens (primary N) is 1. The van der Waals surface area contributed by atoms with Crippen LogP contribution in [0.4, 0.5) is 0 Å². The number of rotatable bonds is 7. The summed E-state index contributed by atoms with van der Waals surface area (Å²) in [6.07, 6.45) is -2.33. The van der Waals surface area contributed by atoms with Gasteiger partial charge in [-0.3, -0.25) is 14.4 Å². The fourth-order valence-electron chi connectivity index (χ4n) is 1.08. The van der Waals surface area contributed by atoms with Crippen LogP contribution >= 0.6 is 0 Å². The monoisotopic (exact) mass is 275 g/mol. The van der Waals surface area contributed by atoms with E-state index in [2.05, 4.69) is 4.74 Å². The fraction of sp³-hybridized carbons (Fsp3) is 0.500. The van der Waals surface area contributed by atoms with Crippen molar-refractivity contribution in [2.75, 3.05) is 6.54 Å². The highest BCUT2D eigenvalue weighted by molar-refractivity contribution is 5.90. The van der Waals surface area contributed by atoms with E-state index in [1.807, 2.05) is 0 Å². The predicted molar refractivity (Wildman–Crippen MR) is 58.6 cm³/mol. The molecule has 0 aliphatic rings. The normalized spacial score (nSPS) is 10.1. The Labute approximate surface area is 117 Å². The molecule has 5 N–H and O–H groups in total. The summed E-state index contributed by atoms with van der Waals surface area (Å²) in [4.78, 5) is 42.8. The Kier molecular flexibility index (Phi) is 8.26. The molecule has 0 saturated heterocycles. The van der Waals surface area contributed by atoms with Gasteiger partial charge in [0.05, 0.1) is 19.4 Å². The van der Waals surface area contributed by atoms with Gasteiger partial charge in [-0.2, -0.15) is 0 Å². The van der Waals surface area contributed by atoms with Gasteiger partial charge in [-0.05, 0) is 0 Å². The molecule has 0 aliphatic carbocycles. The Morgan fingerprint density at radius 1 is 1.00 bits per heavy atom. The Hall–Kier alpha value is -1.39. The van der Waals surface area contributed by atoms with Gasteiger partial charge in [0.25, 0.3) is 0 Å². The van der Waals surface area contributed by atoms with Crippen LogP contribution in [-0.4, -0.2) is 74.4 Å². The molecule has 0 bridgehead atoms. The summed E-state index contributed by atoms with van der Waals surface area (Å²) in [7, 11) is 0. The van der Waals surface area contributed by atoms with E-state index in [-0.39, 0.29) is 23.1 Å². The predicted octanol–water partition coefficient (Wildman–Crippen LogP) is -2.66. The van der Waals surface area contributed by atoms with Gasteiger partial charge in [-0.1, -0.05) is 0 Å². The minimum absolute atomic E-state index is 0. The van der Waals surface area contributed by atoms with Gasteiger partial charge >= 0.3 is 46.9 Å². The van der Waals surface area contributed by atoms with Crippen molar-refractivity contribution in [3.05, 3.63) is 0 Å². The van der Waals surface area contributed by atoms with E-state index >= 15 is 0 Å². The second kappa shape index (κ2) is 7.84. The molecule has 0 fully saturated rings. The lowest BCUT2D eigenvalue weighted by atomic mass is 9.95. The first kappa shape index (κ1) is 19.0.